The number of aryl methyl sites for hydroxylation is 1. The highest BCUT2D eigenvalue weighted by atomic mass is 19.2. The molecule has 0 aliphatic rings. The molecule has 2 rings (SSSR count). The smallest absolute Gasteiger partial charge is 0.162 e. The summed E-state index contributed by atoms with van der Waals surface area (Å²) in [5.41, 5.74) is 2.18. The molecule has 0 radical (unpaired) electrons. The average molecular weight is 263 g/mol. The van der Waals surface area contributed by atoms with Crippen LogP contribution < -0.4 is 10.1 Å². The zero-order valence-electron chi connectivity index (χ0n) is 10.6. The van der Waals surface area contributed by atoms with Crippen LogP contribution in [0, 0.1) is 18.6 Å². The van der Waals surface area contributed by atoms with Gasteiger partial charge in [-0.25, -0.2) is 8.78 Å². The summed E-state index contributed by atoms with van der Waals surface area (Å²) >= 11 is 0. The molecule has 1 N–H and O–H groups in total. The van der Waals surface area contributed by atoms with Crippen LogP contribution >= 0.6 is 0 Å². The number of hydrogen-bond donors (Lipinski definition) is 1. The first-order chi connectivity index (χ1) is 9.15. The van der Waals surface area contributed by atoms with Crippen LogP contribution in [0.15, 0.2) is 42.5 Å². The molecule has 0 atom stereocenters. The first kappa shape index (κ1) is 13.3. The Morgan fingerprint density at radius 1 is 1.05 bits per heavy atom. The molecular weight excluding hydrogens is 248 g/mol. The van der Waals surface area contributed by atoms with Gasteiger partial charge in [-0.3, -0.25) is 0 Å². The van der Waals surface area contributed by atoms with Gasteiger partial charge in [0.25, 0.3) is 0 Å². The molecule has 100 valence electrons. The Bertz CT molecular complexity index is 558. The van der Waals surface area contributed by atoms with Crippen molar-refractivity contribution in [3.8, 4) is 5.75 Å². The predicted octanol–water partition coefficient (Wildman–Crippen LogP) is 3.76. The fourth-order valence-electron chi connectivity index (χ4n) is 1.69. The summed E-state index contributed by atoms with van der Waals surface area (Å²) in [5.74, 6) is -1.45. The zero-order chi connectivity index (χ0) is 13.7. The van der Waals surface area contributed by atoms with E-state index in [0.717, 1.165) is 17.8 Å². The normalized spacial score (nSPS) is 10.3. The van der Waals surface area contributed by atoms with Crippen molar-refractivity contribution in [1.29, 1.82) is 0 Å². The van der Waals surface area contributed by atoms with Gasteiger partial charge in [-0.05, 0) is 36.8 Å². The summed E-state index contributed by atoms with van der Waals surface area (Å²) in [6, 6.07) is 11.5. The second-order valence-corrected chi connectivity index (χ2v) is 4.22. The molecule has 2 aromatic carbocycles. The quantitative estimate of drug-likeness (QED) is 0.829. The van der Waals surface area contributed by atoms with Crippen LogP contribution in [0.1, 0.15) is 5.56 Å². The van der Waals surface area contributed by atoms with E-state index in [-0.39, 0.29) is 0 Å². The summed E-state index contributed by atoms with van der Waals surface area (Å²) in [6.45, 7) is 2.98. The fraction of sp³-hybridized carbons (Fsp3) is 0.200. The molecule has 2 nitrogen and oxygen atoms in total. The van der Waals surface area contributed by atoms with E-state index in [9.17, 15) is 8.78 Å². The first-order valence-corrected chi connectivity index (χ1v) is 6.03. The van der Waals surface area contributed by atoms with Gasteiger partial charge in [0.15, 0.2) is 11.6 Å². The number of halogens is 2. The maximum atomic E-state index is 12.9. The summed E-state index contributed by atoms with van der Waals surface area (Å²) in [4.78, 5) is 0. The van der Waals surface area contributed by atoms with Crippen LogP contribution in [0.25, 0.3) is 0 Å². The number of ether oxygens (including phenoxy) is 1. The van der Waals surface area contributed by atoms with E-state index in [0.29, 0.717) is 18.9 Å². The predicted molar refractivity (Wildman–Crippen MR) is 71.5 cm³/mol. The lowest BCUT2D eigenvalue weighted by Gasteiger charge is -2.09. The highest BCUT2D eigenvalue weighted by molar-refractivity contribution is 5.45. The molecule has 19 heavy (non-hydrogen) atoms. The Hall–Kier alpha value is -2.10. The molecule has 0 bridgehead atoms. The van der Waals surface area contributed by atoms with Crippen LogP contribution in [0.2, 0.25) is 0 Å². The second-order valence-electron chi connectivity index (χ2n) is 4.22. The minimum atomic E-state index is -0.899. The van der Waals surface area contributed by atoms with E-state index in [1.165, 1.54) is 11.6 Å². The van der Waals surface area contributed by atoms with Gasteiger partial charge in [-0.1, -0.05) is 12.1 Å². The molecular formula is C15H15F2NO. The van der Waals surface area contributed by atoms with E-state index in [4.69, 9.17) is 4.74 Å². The van der Waals surface area contributed by atoms with E-state index in [2.05, 4.69) is 5.32 Å². The third kappa shape index (κ3) is 3.95. The number of rotatable bonds is 5. The average Bonchev–Trinajstić information content (AvgIpc) is 2.39. The maximum absolute atomic E-state index is 12.9. The molecule has 4 heteroatoms. The van der Waals surface area contributed by atoms with Crippen molar-refractivity contribution in [3.05, 3.63) is 59.7 Å². The van der Waals surface area contributed by atoms with Crippen molar-refractivity contribution in [2.24, 2.45) is 0 Å². The van der Waals surface area contributed by atoms with Crippen molar-refractivity contribution in [3.63, 3.8) is 0 Å². The fourth-order valence-corrected chi connectivity index (χ4v) is 1.69. The van der Waals surface area contributed by atoms with Gasteiger partial charge in [0.2, 0.25) is 0 Å². The van der Waals surface area contributed by atoms with Gasteiger partial charge >= 0.3 is 0 Å². The summed E-state index contributed by atoms with van der Waals surface area (Å²) in [7, 11) is 0. The molecule has 0 fully saturated rings. The lowest BCUT2D eigenvalue weighted by Crippen LogP contribution is -2.11. The lowest BCUT2D eigenvalue weighted by molar-refractivity contribution is 0.329. The monoisotopic (exact) mass is 263 g/mol. The highest BCUT2D eigenvalue weighted by Gasteiger charge is 2.02. The van der Waals surface area contributed by atoms with E-state index in [1.54, 1.807) is 0 Å². The molecule has 0 spiro atoms. The number of anilines is 1. The molecule has 2 aromatic rings. The first-order valence-electron chi connectivity index (χ1n) is 6.03. The molecule has 0 amide bonds. The zero-order valence-corrected chi connectivity index (χ0v) is 10.6. The molecule has 0 saturated carbocycles. The number of nitrogens with one attached hydrogen (secondary N) is 1. The summed E-state index contributed by atoms with van der Waals surface area (Å²) in [6.07, 6.45) is 0. The summed E-state index contributed by atoms with van der Waals surface area (Å²) < 4.78 is 31.0. The van der Waals surface area contributed by atoms with Crippen LogP contribution in [-0.4, -0.2) is 13.2 Å². The Labute approximate surface area is 111 Å². The van der Waals surface area contributed by atoms with Crippen molar-refractivity contribution in [2.75, 3.05) is 18.5 Å². The second kappa shape index (κ2) is 6.18. The standard InChI is InChI=1S/C15H15F2NO/c1-11-3-2-4-12(9-11)18-7-8-19-13-5-6-14(16)15(17)10-13/h2-6,9-10,18H,7-8H2,1H3. The van der Waals surface area contributed by atoms with Crippen molar-refractivity contribution < 1.29 is 13.5 Å². The maximum Gasteiger partial charge on any atom is 0.162 e. The van der Waals surface area contributed by atoms with E-state index >= 15 is 0 Å². The largest absolute Gasteiger partial charge is 0.492 e. The number of hydrogen-bond acceptors (Lipinski definition) is 2. The molecule has 0 aromatic heterocycles. The van der Waals surface area contributed by atoms with Crippen LogP contribution in [0.5, 0.6) is 5.75 Å². The molecule has 0 aliphatic heterocycles. The van der Waals surface area contributed by atoms with Gasteiger partial charge in [0, 0.05) is 18.3 Å². The van der Waals surface area contributed by atoms with Crippen molar-refractivity contribution >= 4 is 5.69 Å². The van der Waals surface area contributed by atoms with Crippen LogP contribution in [-0.2, 0) is 0 Å². The van der Waals surface area contributed by atoms with Crippen LogP contribution in [0.3, 0.4) is 0 Å². The molecule has 0 heterocycles. The Morgan fingerprint density at radius 3 is 2.63 bits per heavy atom. The summed E-state index contributed by atoms with van der Waals surface area (Å²) in [5, 5.41) is 3.19. The Kier molecular flexibility index (Phi) is 4.34. The van der Waals surface area contributed by atoms with Crippen LogP contribution in [0.4, 0.5) is 14.5 Å². The van der Waals surface area contributed by atoms with Crippen molar-refractivity contribution in [2.45, 2.75) is 6.92 Å². The van der Waals surface area contributed by atoms with E-state index < -0.39 is 11.6 Å². The number of benzene rings is 2. The highest BCUT2D eigenvalue weighted by Crippen LogP contribution is 2.15. The van der Waals surface area contributed by atoms with Gasteiger partial charge in [-0.15, -0.1) is 0 Å². The van der Waals surface area contributed by atoms with Gasteiger partial charge in [0.05, 0.1) is 0 Å². The Morgan fingerprint density at radius 2 is 1.89 bits per heavy atom. The molecule has 0 aliphatic carbocycles. The van der Waals surface area contributed by atoms with Crippen molar-refractivity contribution in [1.82, 2.24) is 0 Å². The SMILES string of the molecule is Cc1cccc(NCCOc2ccc(F)c(F)c2)c1. The third-order valence-electron chi connectivity index (χ3n) is 2.61. The molecule has 0 saturated heterocycles. The van der Waals surface area contributed by atoms with E-state index in [1.807, 2.05) is 31.2 Å². The molecule has 0 unspecified atom stereocenters. The van der Waals surface area contributed by atoms with Gasteiger partial charge in [-0.2, -0.15) is 0 Å². The van der Waals surface area contributed by atoms with Gasteiger partial charge in [0.1, 0.15) is 12.4 Å². The minimum Gasteiger partial charge on any atom is -0.492 e. The lowest BCUT2D eigenvalue weighted by atomic mass is 10.2. The third-order valence-corrected chi connectivity index (χ3v) is 2.61. The Balaban J connectivity index is 1.79. The topological polar surface area (TPSA) is 21.3 Å². The minimum absolute atomic E-state index is 0.324. The van der Waals surface area contributed by atoms with Gasteiger partial charge < -0.3 is 10.1 Å².